The Morgan fingerprint density at radius 1 is 1.03 bits per heavy atom. The maximum Gasteiger partial charge on any atom is 0.257 e. The van der Waals surface area contributed by atoms with E-state index in [1.54, 1.807) is 18.4 Å². The number of para-hydroxylation sites is 2. The predicted molar refractivity (Wildman–Crippen MR) is 128 cm³/mol. The van der Waals surface area contributed by atoms with E-state index in [2.05, 4.69) is 32.5 Å². The van der Waals surface area contributed by atoms with Gasteiger partial charge >= 0.3 is 0 Å². The van der Waals surface area contributed by atoms with Gasteiger partial charge < -0.3 is 15.5 Å². The third-order valence-corrected chi connectivity index (χ3v) is 5.32. The molecule has 0 fully saturated rings. The molecule has 3 N–H and O–H groups in total. The number of nitrogen functional groups attached to an aromatic ring is 1. The molecule has 3 heterocycles. The Balaban J connectivity index is 1.47. The van der Waals surface area contributed by atoms with Crippen molar-refractivity contribution in [2.24, 2.45) is 5.10 Å². The Labute approximate surface area is 189 Å². The Morgan fingerprint density at radius 2 is 1.79 bits per heavy atom. The van der Waals surface area contributed by atoms with Crippen molar-refractivity contribution in [2.75, 3.05) is 12.3 Å². The highest BCUT2D eigenvalue weighted by Gasteiger charge is 2.23. The van der Waals surface area contributed by atoms with Crippen LogP contribution in [0.3, 0.4) is 0 Å². The molecular formula is C25H22N6O2. The Kier molecular flexibility index (Phi) is 5.55. The highest BCUT2D eigenvalue weighted by atomic mass is 16.3. The lowest BCUT2D eigenvalue weighted by Crippen LogP contribution is -2.25. The van der Waals surface area contributed by atoms with E-state index in [9.17, 15) is 4.79 Å². The summed E-state index contributed by atoms with van der Waals surface area (Å²) in [4.78, 5) is 22.5. The van der Waals surface area contributed by atoms with E-state index < -0.39 is 0 Å². The van der Waals surface area contributed by atoms with Gasteiger partial charge in [-0.3, -0.25) is 4.79 Å². The van der Waals surface area contributed by atoms with Gasteiger partial charge in [0.05, 0.1) is 23.5 Å². The first-order chi connectivity index (χ1) is 16.2. The molecule has 8 heteroatoms. The number of hydrogen-bond donors (Lipinski definition) is 2. The van der Waals surface area contributed by atoms with Crippen LogP contribution in [0, 0.1) is 0 Å². The molecule has 164 valence electrons. The summed E-state index contributed by atoms with van der Waals surface area (Å²) in [5, 5.41) is 7.38. The van der Waals surface area contributed by atoms with Crippen molar-refractivity contribution < 1.29 is 9.21 Å². The maximum absolute atomic E-state index is 13.1. The summed E-state index contributed by atoms with van der Waals surface area (Å²) in [7, 11) is 0. The second kappa shape index (κ2) is 8.96. The maximum atomic E-state index is 13.1. The van der Waals surface area contributed by atoms with Crippen LogP contribution < -0.4 is 11.1 Å². The third-order valence-electron chi connectivity index (χ3n) is 5.32. The first kappa shape index (κ1) is 20.4. The van der Waals surface area contributed by atoms with Crippen molar-refractivity contribution in [1.29, 1.82) is 0 Å². The van der Waals surface area contributed by atoms with E-state index in [0.717, 1.165) is 12.8 Å². The molecule has 0 aliphatic carbocycles. The summed E-state index contributed by atoms with van der Waals surface area (Å²) in [6, 6.07) is 21.2. The van der Waals surface area contributed by atoms with Gasteiger partial charge in [-0.2, -0.15) is 9.78 Å². The molecule has 0 aliphatic heterocycles. The van der Waals surface area contributed by atoms with Gasteiger partial charge in [0.15, 0.2) is 5.65 Å². The van der Waals surface area contributed by atoms with Crippen LogP contribution >= 0.6 is 0 Å². The molecule has 0 saturated heterocycles. The molecule has 8 nitrogen and oxygen atoms in total. The number of rotatable bonds is 7. The number of aromatic nitrogens is 3. The molecule has 0 bridgehead atoms. The molecule has 0 aliphatic rings. The number of carbonyl (C=O) groups is 1. The largest absolute Gasteiger partial charge is 0.463 e. The number of nitrogens with zero attached hydrogens (tertiary/aromatic N) is 4. The SMILES string of the molecule is Nc1c(C(=O)NCCCc2ccccc2)c2nc3ccccc3nc2n1/N=C\c1ccco1. The van der Waals surface area contributed by atoms with Crippen LogP contribution in [-0.2, 0) is 6.42 Å². The van der Waals surface area contributed by atoms with Gasteiger partial charge in [0, 0.05) is 6.54 Å². The zero-order chi connectivity index (χ0) is 22.6. The lowest BCUT2D eigenvalue weighted by Gasteiger charge is -2.06. The van der Waals surface area contributed by atoms with E-state index in [-0.39, 0.29) is 17.3 Å². The lowest BCUT2D eigenvalue weighted by atomic mass is 10.1. The lowest BCUT2D eigenvalue weighted by molar-refractivity contribution is 0.0955. The summed E-state index contributed by atoms with van der Waals surface area (Å²) in [5.41, 5.74) is 10.1. The first-order valence-electron chi connectivity index (χ1n) is 10.7. The van der Waals surface area contributed by atoms with E-state index in [1.807, 2.05) is 42.5 Å². The topological polar surface area (TPSA) is 111 Å². The Morgan fingerprint density at radius 3 is 2.55 bits per heavy atom. The first-order valence-corrected chi connectivity index (χ1v) is 10.7. The average molecular weight is 438 g/mol. The average Bonchev–Trinajstić information content (AvgIpc) is 3.45. The van der Waals surface area contributed by atoms with Crippen LogP contribution in [0.25, 0.3) is 22.2 Å². The van der Waals surface area contributed by atoms with Gasteiger partial charge in [-0.05, 0) is 42.7 Å². The smallest absolute Gasteiger partial charge is 0.257 e. The molecule has 2 aromatic carbocycles. The molecule has 3 aromatic heterocycles. The third kappa shape index (κ3) is 4.18. The summed E-state index contributed by atoms with van der Waals surface area (Å²) in [6.07, 6.45) is 4.75. The van der Waals surface area contributed by atoms with Crippen LogP contribution in [0.4, 0.5) is 5.82 Å². The molecule has 0 saturated carbocycles. The molecule has 0 atom stereocenters. The minimum Gasteiger partial charge on any atom is -0.463 e. The minimum absolute atomic E-state index is 0.170. The zero-order valence-corrected chi connectivity index (χ0v) is 17.8. The Bertz CT molecular complexity index is 1440. The number of carbonyl (C=O) groups excluding carboxylic acids is 1. The number of benzene rings is 2. The van der Waals surface area contributed by atoms with Crippen LogP contribution in [0.5, 0.6) is 0 Å². The molecule has 0 unspecified atom stereocenters. The molecule has 1 amide bonds. The molecule has 5 rings (SSSR count). The number of anilines is 1. The number of fused-ring (bicyclic) bond motifs is 2. The van der Waals surface area contributed by atoms with Gasteiger partial charge in [-0.1, -0.05) is 42.5 Å². The van der Waals surface area contributed by atoms with Crippen LogP contribution in [0.1, 0.15) is 28.1 Å². The van der Waals surface area contributed by atoms with Crippen molar-refractivity contribution in [3.8, 4) is 0 Å². The summed E-state index contributed by atoms with van der Waals surface area (Å²) in [6.45, 7) is 0.510. The summed E-state index contributed by atoms with van der Waals surface area (Å²) >= 11 is 0. The van der Waals surface area contributed by atoms with Crippen molar-refractivity contribution in [3.05, 3.63) is 89.9 Å². The fraction of sp³-hybridized carbons (Fsp3) is 0.120. The summed E-state index contributed by atoms with van der Waals surface area (Å²) in [5.74, 6) is 0.419. The van der Waals surface area contributed by atoms with Crippen molar-refractivity contribution in [1.82, 2.24) is 20.0 Å². The van der Waals surface area contributed by atoms with Crippen molar-refractivity contribution >= 4 is 40.1 Å². The highest BCUT2D eigenvalue weighted by molar-refractivity contribution is 6.10. The van der Waals surface area contributed by atoms with Crippen molar-refractivity contribution in [3.63, 3.8) is 0 Å². The fourth-order valence-corrected chi connectivity index (χ4v) is 3.70. The second-order valence-corrected chi connectivity index (χ2v) is 7.56. The minimum atomic E-state index is -0.304. The molecule has 33 heavy (non-hydrogen) atoms. The monoisotopic (exact) mass is 438 g/mol. The van der Waals surface area contributed by atoms with Crippen molar-refractivity contribution in [2.45, 2.75) is 12.8 Å². The predicted octanol–water partition coefficient (Wildman–Crippen LogP) is 4.00. The number of furan rings is 1. The number of nitrogens with one attached hydrogen (secondary N) is 1. The molecule has 0 radical (unpaired) electrons. The van der Waals surface area contributed by atoms with Gasteiger partial charge in [0.2, 0.25) is 0 Å². The van der Waals surface area contributed by atoms with Crippen LogP contribution in [-0.4, -0.2) is 33.3 Å². The van der Waals surface area contributed by atoms with Crippen LogP contribution in [0.15, 0.2) is 82.5 Å². The van der Waals surface area contributed by atoms with Crippen LogP contribution in [0.2, 0.25) is 0 Å². The molecule has 5 aromatic rings. The van der Waals surface area contributed by atoms with E-state index in [0.29, 0.717) is 34.5 Å². The van der Waals surface area contributed by atoms with Gasteiger partial charge in [-0.25, -0.2) is 9.97 Å². The normalized spacial score (nSPS) is 11.5. The van der Waals surface area contributed by atoms with Gasteiger partial charge in [0.1, 0.15) is 22.7 Å². The fourth-order valence-electron chi connectivity index (χ4n) is 3.70. The second-order valence-electron chi connectivity index (χ2n) is 7.56. The van der Waals surface area contributed by atoms with E-state index in [4.69, 9.17) is 10.2 Å². The number of nitrogens with two attached hydrogens (primary N) is 1. The van der Waals surface area contributed by atoms with E-state index in [1.165, 1.54) is 16.5 Å². The summed E-state index contributed by atoms with van der Waals surface area (Å²) < 4.78 is 6.74. The standard InChI is InChI=1S/C25H22N6O2/c26-23-21(25(32)27-14-6-10-17-8-2-1-3-9-17)22-24(30-20-13-5-4-12-19(20)29-22)31(23)28-16-18-11-7-15-33-18/h1-5,7-9,11-13,15-16H,6,10,14,26H2,(H,27,32)/b28-16-. The quantitative estimate of drug-likeness (QED) is 0.295. The number of amides is 1. The number of aryl methyl sites for hydroxylation is 1. The zero-order valence-electron chi connectivity index (χ0n) is 17.8. The molecular weight excluding hydrogens is 416 g/mol. The van der Waals surface area contributed by atoms with Gasteiger partial charge in [0.25, 0.3) is 5.91 Å². The van der Waals surface area contributed by atoms with E-state index >= 15 is 0 Å². The Hall–Kier alpha value is -4.46. The molecule has 0 spiro atoms. The van der Waals surface area contributed by atoms with Gasteiger partial charge in [-0.15, -0.1) is 0 Å². The highest BCUT2D eigenvalue weighted by Crippen LogP contribution is 2.27. The number of hydrogen-bond acceptors (Lipinski definition) is 6.